The van der Waals surface area contributed by atoms with Crippen LogP contribution >= 0.6 is 11.6 Å². The maximum Gasteiger partial charge on any atom is 0.274 e. The number of likely N-dealkylation sites (tertiary alicyclic amines) is 1. The van der Waals surface area contributed by atoms with E-state index in [1.807, 2.05) is 19.1 Å². The molecule has 1 aliphatic rings. The van der Waals surface area contributed by atoms with E-state index in [0.29, 0.717) is 23.0 Å². The summed E-state index contributed by atoms with van der Waals surface area (Å²) >= 11 is 6.04. The van der Waals surface area contributed by atoms with Gasteiger partial charge in [0.1, 0.15) is 0 Å². The third kappa shape index (κ3) is 4.41. The van der Waals surface area contributed by atoms with E-state index in [2.05, 4.69) is 20.5 Å². The largest absolute Gasteiger partial charge is 0.383 e. The molecule has 1 aromatic heterocycles. The van der Waals surface area contributed by atoms with Gasteiger partial charge in [-0.2, -0.15) is 0 Å². The highest BCUT2D eigenvalue weighted by atomic mass is 35.5. The van der Waals surface area contributed by atoms with Gasteiger partial charge in [0, 0.05) is 31.3 Å². The van der Waals surface area contributed by atoms with Crippen molar-refractivity contribution in [1.82, 2.24) is 25.2 Å². The Hall–Kier alpha value is -1.96. The van der Waals surface area contributed by atoms with Gasteiger partial charge in [0.05, 0.1) is 18.0 Å². The first-order valence-electron chi connectivity index (χ1n) is 8.79. The molecule has 0 aliphatic carbocycles. The predicted molar refractivity (Wildman–Crippen MR) is 99.9 cm³/mol. The lowest BCUT2D eigenvalue weighted by Crippen LogP contribution is -2.48. The van der Waals surface area contributed by atoms with Gasteiger partial charge in [-0.05, 0) is 44.5 Å². The average molecular weight is 378 g/mol. The second kappa shape index (κ2) is 8.62. The number of nitrogens with zero attached hydrogens (tertiary/aromatic N) is 4. The molecule has 1 amide bonds. The van der Waals surface area contributed by atoms with Crippen molar-refractivity contribution >= 4 is 17.5 Å². The average Bonchev–Trinajstić information content (AvgIpc) is 3.02. The molecule has 0 saturated carbocycles. The van der Waals surface area contributed by atoms with Gasteiger partial charge in [-0.1, -0.05) is 22.9 Å². The van der Waals surface area contributed by atoms with Gasteiger partial charge in [-0.25, -0.2) is 4.68 Å². The van der Waals surface area contributed by atoms with E-state index in [1.165, 1.54) is 0 Å². The molecule has 140 valence electrons. The summed E-state index contributed by atoms with van der Waals surface area (Å²) in [5.41, 5.74) is 1.82. The molecule has 0 bridgehead atoms. The van der Waals surface area contributed by atoms with Gasteiger partial charge < -0.3 is 10.1 Å². The zero-order valence-corrected chi connectivity index (χ0v) is 15.9. The van der Waals surface area contributed by atoms with Crippen LogP contribution in [0.3, 0.4) is 0 Å². The minimum Gasteiger partial charge on any atom is -0.383 e. The number of carbonyl (C=O) groups excluding carboxylic acids is 1. The Kier molecular flexibility index (Phi) is 6.24. The molecule has 1 fully saturated rings. The van der Waals surface area contributed by atoms with Crippen LogP contribution in [-0.4, -0.2) is 65.2 Å². The van der Waals surface area contributed by atoms with E-state index >= 15 is 0 Å². The molecule has 1 aromatic carbocycles. The molecule has 7 nitrogen and oxygen atoms in total. The van der Waals surface area contributed by atoms with Crippen LogP contribution in [0, 0.1) is 6.92 Å². The van der Waals surface area contributed by atoms with E-state index in [-0.39, 0.29) is 11.9 Å². The standard InChI is InChI=1S/C18H24ClN5O2/c1-13-17(21-22-24(13)16-7-3-5-14(19)11-16)18(25)20-15-6-4-8-23(12-15)9-10-26-2/h3,5,7,11,15H,4,6,8-10,12H2,1-2H3,(H,20,25). The molecule has 26 heavy (non-hydrogen) atoms. The molecule has 8 heteroatoms. The van der Waals surface area contributed by atoms with Gasteiger partial charge >= 0.3 is 0 Å². The van der Waals surface area contributed by atoms with Crippen molar-refractivity contribution in [2.24, 2.45) is 0 Å². The van der Waals surface area contributed by atoms with E-state index in [1.54, 1.807) is 23.9 Å². The maximum atomic E-state index is 12.7. The first kappa shape index (κ1) is 18.8. The van der Waals surface area contributed by atoms with Crippen LogP contribution in [-0.2, 0) is 4.74 Å². The Labute approximate surface area is 158 Å². The molecule has 1 atom stereocenters. The lowest BCUT2D eigenvalue weighted by atomic mass is 10.1. The van der Waals surface area contributed by atoms with Gasteiger partial charge in [0.25, 0.3) is 5.91 Å². The fourth-order valence-corrected chi connectivity index (χ4v) is 3.43. The first-order chi connectivity index (χ1) is 12.6. The number of aromatic nitrogens is 3. The van der Waals surface area contributed by atoms with Gasteiger partial charge in [-0.3, -0.25) is 9.69 Å². The lowest BCUT2D eigenvalue weighted by molar-refractivity contribution is 0.0873. The Morgan fingerprint density at radius 3 is 3.08 bits per heavy atom. The number of benzene rings is 1. The number of halogens is 1. The molecule has 1 aliphatic heterocycles. The third-order valence-corrected chi connectivity index (χ3v) is 4.85. The van der Waals surface area contributed by atoms with Gasteiger partial charge in [0.2, 0.25) is 0 Å². The normalized spacial score (nSPS) is 18.0. The van der Waals surface area contributed by atoms with Crippen molar-refractivity contribution in [1.29, 1.82) is 0 Å². The number of hydrogen-bond donors (Lipinski definition) is 1. The maximum absolute atomic E-state index is 12.7. The summed E-state index contributed by atoms with van der Waals surface area (Å²) in [6.07, 6.45) is 2.03. The molecule has 3 rings (SSSR count). The quantitative estimate of drug-likeness (QED) is 0.834. The van der Waals surface area contributed by atoms with E-state index in [4.69, 9.17) is 16.3 Å². The van der Waals surface area contributed by atoms with Crippen molar-refractivity contribution in [3.8, 4) is 5.69 Å². The monoisotopic (exact) mass is 377 g/mol. The molecule has 2 heterocycles. The number of amides is 1. The molecule has 0 spiro atoms. The minimum absolute atomic E-state index is 0.115. The van der Waals surface area contributed by atoms with Crippen LogP contribution in [0.2, 0.25) is 5.02 Å². The SMILES string of the molecule is COCCN1CCCC(NC(=O)c2nnn(-c3cccc(Cl)c3)c2C)C1. The Bertz CT molecular complexity index is 764. The number of ether oxygens (including phenoxy) is 1. The van der Waals surface area contributed by atoms with Gasteiger partial charge in [-0.15, -0.1) is 5.10 Å². The molecule has 1 unspecified atom stereocenters. The van der Waals surface area contributed by atoms with Crippen molar-refractivity contribution in [2.45, 2.75) is 25.8 Å². The van der Waals surface area contributed by atoms with E-state index < -0.39 is 0 Å². The smallest absolute Gasteiger partial charge is 0.274 e. The second-order valence-corrected chi connectivity index (χ2v) is 6.96. The summed E-state index contributed by atoms with van der Waals surface area (Å²) in [5, 5.41) is 11.9. The summed E-state index contributed by atoms with van der Waals surface area (Å²) < 4.78 is 6.77. The van der Waals surface area contributed by atoms with Gasteiger partial charge in [0.15, 0.2) is 5.69 Å². The number of piperidine rings is 1. The van der Waals surface area contributed by atoms with Crippen LogP contribution in [0.5, 0.6) is 0 Å². The molecule has 1 saturated heterocycles. The number of nitrogens with one attached hydrogen (secondary N) is 1. The molecule has 2 aromatic rings. The van der Waals surface area contributed by atoms with Crippen LogP contribution < -0.4 is 5.32 Å². The summed E-state index contributed by atoms with van der Waals surface area (Å²) in [4.78, 5) is 15.0. The number of hydrogen-bond acceptors (Lipinski definition) is 5. The highest BCUT2D eigenvalue weighted by Gasteiger charge is 2.24. The molecular formula is C18H24ClN5O2. The van der Waals surface area contributed by atoms with Crippen molar-refractivity contribution < 1.29 is 9.53 Å². The minimum atomic E-state index is -0.186. The zero-order chi connectivity index (χ0) is 18.5. The first-order valence-corrected chi connectivity index (χ1v) is 9.16. The Morgan fingerprint density at radius 1 is 1.46 bits per heavy atom. The Morgan fingerprint density at radius 2 is 2.31 bits per heavy atom. The van der Waals surface area contributed by atoms with Crippen molar-refractivity contribution in [3.05, 3.63) is 40.7 Å². The zero-order valence-electron chi connectivity index (χ0n) is 15.1. The summed E-state index contributed by atoms with van der Waals surface area (Å²) in [5.74, 6) is -0.186. The van der Waals surface area contributed by atoms with Crippen LogP contribution in [0.25, 0.3) is 5.69 Å². The molecule has 0 radical (unpaired) electrons. The predicted octanol–water partition coefficient (Wildman–Crippen LogP) is 2.07. The number of methoxy groups -OCH3 is 1. The summed E-state index contributed by atoms with van der Waals surface area (Å²) in [7, 11) is 1.70. The number of rotatable bonds is 6. The van der Waals surface area contributed by atoms with Crippen molar-refractivity contribution in [3.63, 3.8) is 0 Å². The highest BCUT2D eigenvalue weighted by molar-refractivity contribution is 6.30. The Balaban J connectivity index is 1.67. The summed E-state index contributed by atoms with van der Waals surface area (Å²) in [6.45, 7) is 5.29. The topological polar surface area (TPSA) is 72.3 Å². The number of carbonyl (C=O) groups is 1. The van der Waals surface area contributed by atoms with Crippen LogP contribution in [0.15, 0.2) is 24.3 Å². The van der Waals surface area contributed by atoms with Crippen LogP contribution in [0.1, 0.15) is 29.0 Å². The fourth-order valence-electron chi connectivity index (χ4n) is 3.24. The van der Waals surface area contributed by atoms with Crippen molar-refractivity contribution in [2.75, 3.05) is 33.4 Å². The lowest BCUT2D eigenvalue weighted by Gasteiger charge is -2.32. The molecule has 1 N–H and O–H groups in total. The fraction of sp³-hybridized carbons (Fsp3) is 0.500. The van der Waals surface area contributed by atoms with E-state index in [9.17, 15) is 4.79 Å². The highest BCUT2D eigenvalue weighted by Crippen LogP contribution is 2.17. The molecular weight excluding hydrogens is 354 g/mol. The third-order valence-electron chi connectivity index (χ3n) is 4.61. The summed E-state index contributed by atoms with van der Waals surface area (Å²) in [6, 6.07) is 7.42. The second-order valence-electron chi connectivity index (χ2n) is 6.52. The van der Waals surface area contributed by atoms with Crippen LogP contribution in [0.4, 0.5) is 0 Å². The van der Waals surface area contributed by atoms with E-state index in [0.717, 1.165) is 38.2 Å².